The number of aromatic nitrogens is 1. The highest BCUT2D eigenvalue weighted by Gasteiger charge is 2.18. The summed E-state index contributed by atoms with van der Waals surface area (Å²) < 4.78 is 0. The van der Waals surface area contributed by atoms with Crippen LogP contribution in [0.1, 0.15) is 5.56 Å². The van der Waals surface area contributed by atoms with Crippen LogP contribution in [0, 0.1) is 0 Å². The number of benzene rings is 1. The molecule has 0 spiro atoms. The van der Waals surface area contributed by atoms with Crippen LogP contribution in [-0.4, -0.2) is 18.6 Å². The first-order valence-electron chi connectivity index (χ1n) is 5.60. The minimum absolute atomic E-state index is 1.12. The number of pyridine rings is 1. The number of likely N-dealkylation sites (N-methyl/N-ethyl adjacent to an activating group) is 1. The Morgan fingerprint density at radius 1 is 1.19 bits per heavy atom. The summed E-state index contributed by atoms with van der Waals surface area (Å²) in [4.78, 5) is 6.51. The van der Waals surface area contributed by atoms with Crippen molar-refractivity contribution in [2.45, 2.75) is 6.42 Å². The third kappa shape index (κ3) is 1.38. The van der Waals surface area contributed by atoms with Gasteiger partial charge in [0, 0.05) is 37.2 Å². The second-order valence-corrected chi connectivity index (χ2v) is 4.22. The van der Waals surface area contributed by atoms with Gasteiger partial charge in [0.25, 0.3) is 0 Å². The van der Waals surface area contributed by atoms with Crippen LogP contribution >= 0.6 is 0 Å². The Hall–Kier alpha value is -1.83. The van der Waals surface area contributed by atoms with Gasteiger partial charge in [0.1, 0.15) is 0 Å². The minimum atomic E-state index is 1.12. The maximum Gasteiger partial charge on any atom is 0.0403 e. The highest BCUT2D eigenvalue weighted by Crippen LogP contribution is 2.34. The SMILES string of the molecule is CN1CCc2c(-c3cccnc3)cccc21. The third-order valence-corrected chi connectivity index (χ3v) is 3.23. The largest absolute Gasteiger partial charge is 0.374 e. The highest BCUT2D eigenvalue weighted by molar-refractivity contribution is 5.75. The Bertz CT molecular complexity index is 505. The first-order valence-corrected chi connectivity index (χ1v) is 5.60. The third-order valence-electron chi connectivity index (χ3n) is 3.23. The topological polar surface area (TPSA) is 16.1 Å². The second kappa shape index (κ2) is 3.63. The van der Waals surface area contributed by atoms with Gasteiger partial charge in [-0.1, -0.05) is 18.2 Å². The second-order valence-electron chi connectivity index (χ2n) is 4.22. The van der Waals surface area contributed by atoms with E-state index in [1.54, 1.807) is 0 Å². The zero-order valence-corrected chi connectivity index (χ0v) is 9.35. The molecule has 0 saturated heterocycles. The molecule has 0 atom stereocenters. The molecule has 16 heavy (non-hydrogen) atoms. The Morgan fingerprint density at radius 3 is 2.94 bits per heavy atom. The van der Waals surface area contributed by atoms with Gasteiger partial charge < -0.3 is 4.90 Å². The lowest BCUT2D eigenvalue weighted by atomic mass is 9.99. The number of anilines is 1. The monoisotopic (exact) mass is 210 g/mol. The van der Waals surface area contributed by atoms with E-state index in [0.717, 1.165) is 13.0 Å². The maximum atomic E-state index is 4.19. The van der Waals surface area contributed by atoms with E-state index < -0.39 is 0 Å². The van der Waals surface area contributed by atoms with Gasteiger partial charge in [-0.2, -0.15) is 0 Å². The van der Waals surface area contributed by atoms with Gasteiger partial charge in [0.15, 0.2) is 0 Å². The van der Waals surface area contributed by atoms with Gasteiger partial charge in [-0.25, -0.2) is 0 Å². The molecule has 0 radical (unpaired) electrons. The molecule has 1 aliphatic rings. The Kier molecular flexibility index (Phi) is 2.13. The van der Waals surface area contributed by atoms with E-state index in [1.165, 1.54) is 22.4 Å². The average Bonchev–Trinajstić information content (AvgIpc) is 2.73. The lowest BCUT2D eigenvalue weighted by Crippen LogP contribution is -2.12. The molecule has 2 heteroatoms. The molecule has 0 amide bonds. The molecule has 80 valence electrons. The molecule has 2 heterocycles. The molecule has 0 saturated carbocycles. The number of hydrogen-bond acceptors (Lipinski definition) is 2. The van der Waals surface area contributed by atoms with E-state index in [0.29, 0.717) is 0 Å². The fraction of sp³-hybridized carbons (Fsp3) is 0.214. The smallest absolute Gasteiger partial charge is 0.0403 e. The van der Waals surface area contributed by atoms with Crippen molar-refractivity contribution in [2.24, 2.45) is 0 Å². The van der Waals surface area contributed by atoms with Crippen molar-refractivity contribution >= 4 is 5.69 Å². The minimum Gasteiger partial charge on any atom is -0.374 e. The predicted octanol–water partition coefficient (Wildman–Crippen LogP) is 2.74. The van der Waals surface area contributed by atoms with Crippen molar-refractivity contribution in [3.05, 3.63) is 48.3 Å². The molecular formula is C14H14N2. The van der Waals surface area contributed by atoms with Crippen LogP contribution in [-0.2, 0) is 6.42 Å². The molecule has 2 aromatic rings. The van der Waals surface area contributed by atoms with Crippen LogP contribution in [0.2, 0.25) is 0 Å². The lowest BCUT2D eigenvalue weighted by molar-refractivity contribution is 0.956. The Labute approximate surface area is 95.6 Å². The van der Waals surface area contributed by atoms with Crippen molar-refractivity contribution in [3.63, 3.8) is 0 Å². The Morgan fingerprint density at radius 2 is 2.12 bits per heavy atom. The van der Waals surface area contributed by atoms with Crippen molar-refractivity contribution in [1.82, 2.24) is 4.98 Å². The van der Waals surface area contributed by atoms with Gasteiger partial charge in [0.2, 0.25) is 0 Å². The van der Waals surface area contributed by atoms with E-state index in [-0.39, 0.29) is 0 Å². The van der Waals surface area contributed by atoms with Gasteiger partial charge in [-0.15, -0.1) is 0 Å². The number of rotatable bonds is 1. The molecule has 0 bridgehead atoms. The quantitative estimate of drug-likeness (QED) is 0.719. The van der Waals surface area contributed by atoms with Crippen LogP contribution in [0.3, 0.4) is 0 Å². The summed E-state index contributed by atoms with van der Waals surface area (Å²) >= 11 is 0. The van der Waals surface area contributed by atoms with E-state index in [1.807, 2.05) is 18.5 Å². The molecule has 2 nitrogen and oxygen atoms in total. The maximum absolute atomic E-state index is 4.19. The fourth-order valence-electron chi connectivity index (χ4n) is 2.39. The van der Waals surface area contributed by atoms with Crippen LogP contribution < -0.4 is 4.90 Å². The summed E-state index contributed by atoms with van der Waals surface area (Å²) in [7, 11) is 2.15. The van der Waals surface area contributed by atoms with Gasteiger partial charge in [-0.3, -0.25) is 4.98 Å². The van der Waals surface area contributed by atoms with E-state index in [4.69, 9.17) is 0 Å². The van der Waals surface area contributed by atoms with Gasteiger partial charge in [-0.05, 0) is 29.7 Å². The van der Waals surface area contributed by atoms with Crippen LogP contribution in [0.5, 0.6) is 0 Å². The van der Waals surface area contributed by atoms with Crippen LogP contribution in [0.25, 0.3) is 11.1 Å². The van der Waals surface area contributed by atoms with E-state index in [2.05, 4.69) is 41.2 Å². The van der Waals surface area contributed by atoms with Crippen LogP contribution in [0.15, 0.2) is 42.7 Å². The molecule has 1 aliphatic heterocycles. The number of nitrogens with zero attached hydrogens (tertiary/aromatic N) is 2. The summed E-state index contributed by atoms with van der Waals surface area (Å²) in [5.41, 5.74) is 5.36. The van der Waals surface area contributed by atoms with Crippen LogP contribution in [0.4, 0.5) is 5.69 Å². The Balaban J connectivity index is 2.17. The molecule has 1 aromatic heterocycles. The standard InChI is InChI=1S/C14H14N2/c1-16-9-7-13-12(5-2-6-14(13)16)11-4-3-8-15-10-11/h2-6,8,10H,7,9H2,1H3. The van der Waals surface area contributed by atoms with E-state index >= 15 is 0 Å². The summed E-state index contributed by atoms with van der Waals surface area (Å²) in [6.07, 6.45) is 4.89. The van der Waals surface area contributed by atoms with Crippen molar-refractivity contribution in [2.75, 3.05) is 18.5 Å². The summed E-state index contributed by atoms with van der Waals surface area (Å²) in [6, 6.07) is 10.6. The summed E-state index contributed by atoms with van der Waals surface area (Å²) in [6.45, 7) is 1.12. The molecule has 1 aromatic carbocycles. The lowest BCUT2D eigenvalue weighted by Gasteiger charge is -2.13. The zero-order chi connectivity index (χ0) is 11.0. The summed E-state index contributed by atoms with van der Waals surface area (Å²) in [5, 5.41) is 0. The normalized spacial score (nSPS) is 13.9. The number of hydrogen-bond donors (Lipinski definition) is 0. The van der Waals surface area contributed by atoms with Crippen molar-refractivity contribution in [3.8, 4) is 11.1 Å². The number of fused-ring (bicyclic) bond motifs is 1. The predicted molar refractivity (Wildman–Crippen MR) is 66.6 cm³/mol. The highest BCUT2D eigenvalue weighted by atomic mass is 15.1. The first kappa shape index (κ1) is 9.40. The molecule has 0 unspecified atom stereocenters. The summed E-state index contributed by atoms with van der Waals surface area (Å²) in [5.74, 6) is 0. The molecule has 0 fully saturated rings. The molecule has 0 N–H and O–H groups in total. The molecule has 0 aliphatic carbocycles. The van der Waals surface area contributed by atoms with Crippen molar-refractivity contribution in [1.29, 1.82) is 0 Å². The van der Waals surface area contributed by atoms with Gasteiger partial charge in [0.05, 0.1) is 0 Å². The van der Waals surface area contributed by atoms with Gasteiger partial charge >= 0.3 is 0 Å². The molecule has 3 rings (SSSR count). The fourth-order valence-corrected chi connectivity index (χ4v) is 2.39. The molecular weight excluding hydrogens is 196 g/mol. The van der Waals surface area contributed by atoms with E-state index in [9.17, 15) is 0 Å². The zero-order valence-electron chi connectivity index (χ0n) is 9.35. The average molecular weight is 210 g/mol. The van der Waals surface area contributed by atoms with Crippen molar-refractivity contribution < 1.29 is 0 Å². The first-order chi connectivity index (χ1) is 7.86.